The van der Waals surface area contributed by atoms with Crippen molar-refractivity contribution >= 4 is 0 Å². The average Bonchev–Trinajstić information content (AvgIpc) is 2.59. The monoisotopic (exact) mass is 339 g/mol. The molecule has 6 nitrogen and oxygen atoms in total. The van der Waals surface area contributed by atoms with Crippen LogP contribution >= 0.6 is 0 Å². The number of hydrogen-bond donors (Lipinski definition) is 3. The Kier molecular flexibility index (Phi) is 15.7. The fraction of sp³-hybridized carbons (Fsp3) is 0.889. The van der Waals surface area contributed by atoms with Crippen molar-refractivity contribution in [3.63, 3.8) is 0 Å². The lowest BCUT2D eigenvalue weighted by atomic mass is 10.1. The zero-order valence-corrected chi connectivity index (χ0v) is 14.9. The van der Waals surface area contributed by atoms with Crippen LogP contribution in [0.2, 0.25) is 0 Å². The van der Waals surface area contributed by atoms with Crippen LogP contribution in [0.5, 0.6) is 0 Å². The van der Waals surface area contributed by atoms with Gasteiger partial charge in [0.15, 0.2) is 0 Å². The average molecular weight is 339 g/mol. The molecule has 0 rings (SSSR count). The number of nitrogens with zero attached hydrogens (tertiary/aromatic N) is 3. The van der Waals surface area contributed by atoms with Gasteiger partial charge in [-0.05, 0) is 12.0 Å². The molecule has 0 aliphatic heterocycles. The van der Waals surface area contributed by atoms with Crippen LogP contribution in [0.25, 0.3) is 10.4 Å². The summed E-state index contributed by atoms with van der Waals surface area (Å²) in [5.74, 6) is 5.38. The molecule has 24 heavy (non-hydrogen) atoms. The van der Waals surface area contributed by atoms with Crippen molar-refractivity contribution in [3.8, 4) is 11.8 Å². The summed E-state index contributed by atoms with van der Waals surface area (Å²) in [5.41, 5.74) is 8.31. The number of azide groups is 1. The maximum atomic E-state index is 9.71. The molecule has 138 valence electrons. The van der Waals surface area contributed by atoms with Gasteiger partial charge in [0.25, 0.3) is 0 Å². The fourth-order valence-electron chi connectivity index (χ4n) is 2.45. The Morgan fingerprint density at radius 2 is 1.50 bits per heavy atom. The van der Waals surface area contributed by atoms with Gasteiger partial charge >= 0.3 is 0 Å². The molecule has 0 saturated carbocycles. The Bertz CT molecular complexity index is 400. The molecule has 0 aromatic carbocycles. The summed E-state index contributed by atoms with van der Waals surface area (Å²) < 4.78 is 0. The van der Waals surface area contributed by atoms with Crippen molar-refractivity contribution in [2.75, 3.05) is 6.61 Å². The highest BCUT2D eigenvalue weighted by Crippen LogP contribution is 2.11. The molecular formula is C18H33N3O3. The van der Waals surface area contributed by atoms with Crippen LogP contribution in [0, 0.1) is 11.8 Å². The Morgan fingerprint density at radius 3 is 2.00 bits per heavy atom. The van der Waals surface area contributed by atoms with Gasteiger partial charge in [0.1, 0.15) is 12.2 Å². The van der Waals surface area contributed by atoms with Crippen LogP contribution in [-0.2, 0) is 0 Å². The third kappa shape index (κ3) is 12.2. The molecule has 0 bridgehead atoms. The second-order valence-electron chi connectivity index (χ2n) is 6.14. The summed E-state index contributed by atoms with van der Waals surface area (Å²) in [6.45, 7) is 1.70. The van der Waals surface area contributed by atoms with Gasteiger partial charge in [-0.1, -0.05) is 75.7 Å². The Balaban J connectivity index is 3.67. The van der Waals surface area contributed by atoms with E-state index < -0.39 is 24.9 Å². The minimum absolute atomic E-state index is 0.525. The molecule has 0 heterocycles. The van der Waals surface area contributed by atoms with Crippen LogP contribution in [0.1, 0.15) is 77.6 Å². The van der Waals surface area contributed by atoms with Gasteiger partial charge in [0, 0.05) is 11.3 Å². The molecular weight excluding hydrogens is 306 g/mol. The first-order valence-electron chi connectivity index (χ1n) is 9.17. The summed E-state index contributed by atoms with van der Waals surface area (Å²) in [5, 5.41) is 31.6. The lowest BCUT2D eigenvalue weighted by Gasteiger charge is -2.17. The van der Waals surface area contributed by atoms with Gasteiger partial charge in [-0.15, -0.1) is 5.92 Å². The van der Waals surface area contributed by atoms with Crippen molar-refractivity contribution in [3.05, 3.63) is 10.4 Å². The predicted molar refractivity (Wildman–Crippen MR) is 96.3 cm³/mol. The topological polar surface area (TPSA) is 109 Å². The summed E-state index contributed by atoms with van der Waals surface area (Å²) in [7, 11) is 0. The fourth-order valence-corrected chi connectivity index (χ4v) is 2.45. The second-order valence-corrected chi connectivity index (χ2v) is 6.14. The first-order valence-corrected chi connectivity index (χ1v) is 9.17. The molecule has 0 spiro atoms. The zero-order valence-electron chi connectivity index (χ0n) is 14.9. The van der Waals surface area contributed by atoms with Crippen molar-refractivity contribution < 1.29 is 15.3 Å². The molecule has 3 N–H and O–H groups in total. The third-order valence-corrected chi connectivity index (χ3v) is 4.01. The third-order valence-electron chi connectivity index (χ3n) is 4.01. The highest BCUT2D eigenvalue weighted by atomic mass is 16.3. The van der Waals surface area contributed by atoms with Crippen molar-refractivity contribution in [2.24, 2.45) is 5.11 Å². The summed E-state index contributed by atoms with van der Waals surface area (Å²) in [6.07, 6.45) is 10.6. The van der Waals surface area contributed by atoms with Gasteiger partial charge in [0.05, 0.1) is 12.6 Å². The quantitative estimate of drug-likeness (QED) is 0.147. The van der Waals surface area contributed by atoms with Crippen molar-refractivity contribution in [1.29, 1.82) is 0 Å². The molecule has 0 aromatic rings. The van der Waals surface area contributed by atoms with Crippen LogP contribution in [0.3, 0.4) is 0 Å². The maximum Gasteiger partial charge on any atom is 0.140 e. The minimum atomic E-state index is -1.37. The maximum absolute atomic E-state index is 9.71. The van der Waals surface area contributed by atoms with E-state index in [9.17, 15) is 10.2 Å². The number of rotatable bonds is 14. The van der Waals surface area contributed by atoms with Crippen molar-refractivity contribution in [1.82, 2.24) is 0 Å². The lowest BCUT2D eigenvalue weighted by Crippen LogP contribution is -2.37. The predicted octanol–water partition coefficient (Wildman–Crippen LogP) is 3.69. The highest BCUT2D eigenvalue weighted by molar-refractivity contribution is 5.08. The molecule has 0 saturated heterocycles. The van der Waals surface area contributed by atoms with Gasteiger partial charge in [-0.25, -0.2) is 0 Å². The lowest BCUT2D eigenvalue weighted by molar-refractivity contribution is 0.0222. The van der Waals surface area contributed by atoms with Crippen LogP contribution in [-0.4, -0.2) is 40.2 Å². The number of unbranched alkanes of at least 4 members (excludes halogenated alkanes) is 10. The number of aliphatic hydroxyl groups is 3. The van der Waals surface area contributed by atoms with E-state index in [2.05, 4.69) is 28.8 Å². The van der Waals surface area contributed by atoms with E-state index in [1.807, 2.05) is 0 Å². The molecule has 3 atom stereocenters. The van der Waals surface area contributed by atoms with E-state index in [1.165, 1.54) is 51.4 Å². The molecule has 0 fully saturated rings. The smallest absolute Gasteiger partial charge is 0.140 e. The highest BCUT2D eigenvalue weighted by Gasteiger charge is 2.23. The van der Waals surface area contributed by atoms with Crippen LogP contribution < -0.4 is 0 Å². The van der Waals surface area contributed by atoms with E-state index in [4.69, 9.17) is 10.6 Å². The minimum Gasteiger partial charge on any atom is -0.396 e. The molecule has 0 radical (unpaired) electrons. The molecule has 6 heteroatoms. The van der Waals surface area contributed by atoms with Gasteiger partial charge in [0.2, 0.25) is 0 Å². The van der Waals surface area contributed by atoms with Gasteiger partial charge < -0.3 is 15.3 Å². The SMILES string of the molecule is CCCCCCCCCCCCC#C[C@H](O)[C@@H](O)[C@H](CO)N=[N+]=[N-]. The zero-order chi connectivity index (χ0) is 18.0. The second kappa shape index (κ2) is 16.6. The Hall–Kier alpha value is -1.25. The summed E-state index contributed by atoms with van der Waals surface area (Å²) in [6, 6.07) is -1.07. The van der Waals surface area contributed by atoms with E-state index in [0.717, 1.165) is 12.8 Å². The first-order chi connectivity index (χ1) is 11.7. The molecule has 0 unspecified atom stereocenters. The molecule has 0 aliphatic carbocycles. The first kappa shape index (κ1) is 22.8. The summed E-state index contributed by atoms with van der Waals surface area (Å²) in [4.78, 5) is 2.52. The van der Waals surface area contributed by atoms with E-state index in [0.29, 0.717) is 6.42 Å². The largest absolute Gasteiger partial charge is 0.396 e. The standard InChI is InChI=1S/C18H33N3O3/c1-2-3-4-5-6-7-8-9-10-11-12-13-14-17(23)18(24)16(15-22)20-21-19/h16-18,22-24H,2-12,15H2,1H3/t16-,17-,18-/m0/s1. The number of aliphatic hydroxyl groups excluding tert-OH is 3. The van der Waals surface area contributed by atoms with E-state index in [-0.39, 0.29) is 0 Å². The normalized spacial score (nSPS) is 14.2. The molecule has 0 amide bonds. The van der Waals surface area contributed by atoms with Crippen molar-refractivity contribution in [2.45, 2.75) is 95.8 Å². The Labute approximate surface area is 145 Å². The van der Waals surface area contributed by atoms with Crippen LogP contribution in [0.15, 0.2) is 5.11 Å². The van der Waals surface area contributed by atoms with E-state index in [1.54, 1.807) is 0 Å². The molecule has 0 aromatic heterocycles. The Morgan fingerprint density at radius 1 is 0.958 bits per heavy atom. The van der Waals surface area contributed by atoms with Crippen LogP contribution in [0.4, 0.5) is 0 Å². The molecule has 0 aliphatic rings. The number of hydrogen-bond acceptors (Lipinski definition) is 4. The van der Waals surface area contributed by atoms with E-state index >= 15 is 0 Å². The van der Waals surface area contributed by atoms with Gasteiger partial charge in [-0.3, -0.25) is 0 Å². The summed E-state index contributed by atoms with van der Waals surface area (Å²) >= 11 is 0. The van der Waals surface area contributed by atoms with Gasteiger partial charge in [-0.2, -0.15) is 0 Å².